The summed E-state index contributed by atoms with van der Waals surface area (Å²) in [5.41, 5.74) is 0.757. The Balaban J connectivity index is 1.50. The summed E-state index contributed by atoms with van der Waals surface area (Å²) in [5, 5.41) is 12.4. The first-order valence-electron chi connectivity index (χ1n) is 7.51. The Bertz CT molecular complexity index is 930. The zero-order valence-corrected chi connectivity index (χ0v) is 13.4. The maximum absolute atomic E-state index is 12.8. The largest absolute Gasteiger partial charge is 0.485 e. The highest BCUT2D eigenvalue weighted by atomic mass is 19.1. The summed E-state index contributed by atoms with van der Waals surface area (Å²) in [6, 6.07) is 13.5. The van der Waals surface area contributed by atoms with Crippen molar-refractivity contribution >= 4 is 5.97 Å². The summed E-state index contributed by atoms with van der Waals surface area (Å²) in [7, 11) is 0. The maximum Gasteiger partial charge on any atom is 0.338 e. The minimum Gasteiger partial charge on any atom is -0.485 e. The highest BCUT2D eigenvalue weighted by Crippen LogP contribution is 2.13. The van der Waals surface area contributed by atoms with Crippen molar-refractivity contribution < 1.29 is 23.2 Å². The summed E-state index contributed by atoms with van der Waals surface area (Å²) >= 11 is 0. The summed E-state index contributed by atoms with van der Waals surface area (Å²) in [4.78, 5) is 16.0. The predicted molar refractivity (Wildman–Crippen MR) is 85.3 cm³/mol. The van der Waals surface area contributed by atoms with E-state index < -0.39 is 5.97 Å². The predicted octanol–water partition coefficient (Wildman–Crippen LogP) is 3.02. The molecular formula is C18H12FN3O4. The van der Waals surface area contributed by atoms with Crippen LogP contribution in [0.15, 0.2) is 53.1 Å². The van der Waals surface area contributed by atoms with Crippen LogP contribution >= 0.6 is 0 Å². The van der Waals surface area contributed by atoms with E-state index in [0.29, 0.717) is 16.9 Å². The molecule has 3 rings (SSSR count). The van der Waals surface area contributed by atoms with Gasteiger partial charge in [-0.3, -0.25) is 0 Å². The van der Waals surface area contributed by atoms with Crippen LogP contribution in [-0.2, 0) is 18.0 Å². The summed E-state index contributed by atoms with van der Waals surface area (Å²) < 4.78 is 28.3. The van der Waals surface area contributed by atoms with Gasteiger partial charge in [0.1, 0.15) is 11.6 Å². The van der Waals surface area contributed by atoms with Crippen LogP contribution in [0, 0.1) is 17.1 Å². The van der Waals surface area contributed by atoms with Gasteiger partial charge in [-0.2, -0.15) is 10.2 Å². The molecule has 0 atom stereocenters. The molecule has 0 bridgehead atoms. The van der Waals surface area contributed by atoms with Gasteiger partial charge in [0.05, 0.1) is 17.2 Å². The van der Waals surface area contributed by atoms with E-state index in [2.05, 4.69) is 10.1 Å². The number of hydrogen-bond acceptors (Lipinski definition) is 7. The first-order chi connectivity index (χ1) is 12.6. The molecule has 26 heavy (non-hydrogen) atoms. The first kappa shape index (κ1) is 17.1. The number of ether oxygens (including phenoxy) is 2. The van der Waals surface area contributed by atoms with Crippen molar-refractivity contribution in [2.24, 2.45) is 0 Å². The number of carbonyl (C=O) groups is 1. The van der Waals surface area contributed by atoms with E-state index in [0.717, 1.165) is 0 Å². The van der Waals surface area contributed by atoms with Crippen molar-refractivity contribution in [1.82, 2.24) is 10.1 Å². The second-order valence-corrected chi connectivity index (χ2v) is 5.11. The lowest BCUT2D eigenvalue weighted by Crippen LogP contribution is -2.05. The number of benzene rings is 2. The number of rotatable bonds is 6. The smallest absolute Gasteiger partial charge is 0.338 e. The Morgan fingerprint density at radius 3 is 2.54 bits per heavy atom. The second-order valence-electron chi connectivity index (χ2n) is 5.11. The van der Waals surface area contributed by atoms with Crippen LogP contribution < -0.4 is 4.74 Å². The van der Waals surface area contributed by atoms with Gasteiger partial charge >= 0.3 is 5.97 Å². The van der Waals surface area contributed by atoms with Crippen molar-refractivity contribution in [3.63, 3.8) is 0 Å². The van der Waals surface area contributed by atoms with Crippen LogP contribution in [0.1, 0.15) is 27.6 Å². The van der Waals surface area contributed by atoms with Gasteiger partial charge in [-0.15, -0.1) is 0 Å². The molecule has 0 saturated carbocycles. The van der Waals surface area contributed by atoms with Gasteiger partial charge in [0.15, 0.2) is 13.2 Å². The molecule has 0 spiro atoms. The topological polar surface area (TPSA) is 98.2 Å². The number of esters is 1. The SMILES string of the molecule is N#Cc1ccc(C(=O)OCc2nc(COc3ccc(F)cc3)no2)cc1. The lowest BCUT2D eigenvalue weighted by Gasteiger charge is -2.02. The molecule has 0 saturated heterocycles. The second kappa shape index (κ2) is 7.90. The Morgan fingerprint density at radius 1 is 1.12 bits per heavy atom. The molecule has 3 aromatic rings. The van der Waals surface area contributed by atoms with Crippen molar-refractivity contribution in [3.05, 3.63) is 77.2 Å². The van der Waals surface area contributed by atoms with E-state index in [1.54, 1.807) is 0 Å². The molecule has 7 nitrogen and oxygen atoms in total. The van der Waals surface area contributed by atoms with Crippen LogP contribution in [-0.4, -0.2) is 16.1 Å². The number of nitrogens with zero attached hydrogens (tertiary/aromatic N) is 3. The number of nitriles is 1. The maximum atomic E-state index is 12.8. The molecule has 0 aliphatic rings. The van der Waals surface area contributed by atoms with Gasteiger partial charge in [-0.25, -0.2) is 9.18 Å². The van der Waals surface area contributed by atoms with Crippen LogP contribution in [0.5, 0.6) is 5.75 Å². The van der Waals surface area contributed by atoms with Gasteiger partial charge in [0.25, 0.3) is 5.89 Å². The third kappa shape index (κ3) is 4.42. The van der Waals surface area contributed by atoms with E-state index in [4.69, 9.17) is 19.3 Å². The molecule has 1 aromatic heterocycles. The lowest BCUT2D eigenvalue weighted by atomic mass is 10.1. The van der Waals surface area contributed by atoms with Gasteiger partial charge in [0, 0.05) is 0 Å². The highest BCUT2D eigenvalue weighted by molar-refractivity contribution is 5.89. The van der Waals surface area contributed by atoms with Crippen molar-refractivity contribution in [3.8, 4) is 11.8 Å². The molecule has 2 aromatic carbocycles. The minimum atomic E-state index is -0.572. The fraction of sp³-hybridized carbons (Fsp3) is 0.111. The van der Waals surface area contributed by atoms with E-state index in [1.165, 1.54) is 48.5 Å². The molecule has 1 heterocycles. The number of hydrogen-bond donors (Lipinski definition) is 0. The molecular weight excluding hydrogens is 341 g/mol. The number of halogens is 1. The van der Waals surface area contributed by atoms with Crippen LogP contribution in [0.2, 0.25) is 0 Å². The molecule has 0 radical (unpaired) electrons. The van der Waals surface area contributed by atoms with E-state index in [1.807, 2.05) is 6.07 Å². The Hall–Kier alpha value is -3.73. The van der Waals surface area contributed by atoms with Gasteiger partial charge < -0.3 is 14.0 Å². The zero-order chi connectivity index (χ0) is 18.4. The summed E-state index contributed by atoms with van der Waals surface area (Å²) in [5.74, 6) is -0.0893. The van der Waals surface area contributed by atoms with Gasteiger partial charge in [-0.1, -0.05) is 5.16 Å². The monoisotopic (exact) mass is 353 g/mol. The van der Waals surface area contributed by atoms with Crippen LogP contribution in [0.25, 0.3) is 0 Å². The molecule has 0 amide bonds. The Kier molecular flexibility index (Phi) is 5.19. The van der Waals surface area contributed by atoms with E-state index in [9.17, 15) is 9.18 Å². The van der Waals surface area contributed by atoms with Crippen LogP contribution in [0.4, 0.5) is 4.39 Å². The lowest BCUT2D eigenvalue weighted by molar-refractivity contribution is 0.0430. The fourth-order valence-electron chi connectivity index (χ4n) is 1.98. The third-order valence-corrected chi connectivity index (χ3v) is 3.27. The first-order valence-corrected chi connectivity index (χ1v) is 7.51. The van der Waals surface area contributed by atoms with Crippen molar-refractivity contribution in [2.75, 3.05) is 0 Å². The quantitative estimate of drug-likeness (QED) is 0.628. The standard InChI is InChI=1S/C18H12FN3O4/c19-14-5-7-15(8-6-14)24-10-16-21-17(26-22-16)11-25-18(23)13-3-1-12(9-20)2-4-13/h1-8H,10-11H2. The molecule has 0 aliphatic heterocycles. The Labute approximate surface area is 147 Å². The van der Waals surface area contributed by atoms with Gasteiger partial charge in [-0.05, 0) is 48.5 Å². The minimum absolute atomic E-state index is 0.0265. The highest BCUT2D eigenvalue weighted by Gasteiger charge is 2.12. The molecule has 130 valence electrons. The average molecular weight is 353 g/mol. The molecule has 0 fully saturated rings. The summed E-state index contributed by atoms with van der Waals surface area (Å²) in [6.45, 7) is -0.166. The molecule has 0 aliphatic carbocycles. The number of aromatic nitrogens is 2. The fourth-order valence-corrected chi connectivity index (χ4v) is 1.98. The Morgan fingerprint density at radius 2 is 1.85 bits per heavy atom. The van der Waals surface area contributed by atoms with Crippen molar-refractivity contribution in [2.45, 2.75) is 13.2 Å². The molecule has 8 heteroatoms. The molecule has 0 unspecified atom stereocenters. The summed E-state index contributed by atoms with van der Waals surface area (Å²) in [6.07, 6.45) is 0. The third-order valence-electron chi connectivity index (χ3n) is 3.27. The van der Waals surface area contributed by atoms with E-state index in [-0.39, 0.29) is 30.7 Å². The van der Waals surface area contributed by atoms with Crippen LogP contribution in [0.3, 0.4) is 0 Å². The zero-order valence-electron chi connectivity index (χ0n) is 13.4. The van der Waals surface area contributed by atoms with Gasteiger partial charge in [0.2, 0.25) is 5.82 Å². The van der Waals surface area contributed by atoms with E-state index >= 15 is 0 Å². The number of carbonyl (C=O) groups excluding carboxylic acids is 1. The molecule has 0 N–H and O–H groups in total. The average Bonchev–Trinajstić information content (AvgIpc) is 3.13. The van der Waals surface area contributed by atoms with Crippen molar-refractivity contribution in [1.29, 1.82) is 5.26 Å². The normalized spacial score (nSPS) is 10.2.